The molecule has 3 heterocycles. The molecular weight excluding hydrogens is 907 g/mol. The van der Waals surface area contributed by atoms with E-state index in [1.165, 1.54) is 12.0 Å². The molecule has 22 nitrogen and oxygen atoms in total. The van der Waals surface area contributed by atoms with Gasteiger partial charge in [0.2, 0.25) is 35.4 Å². The second kappa shape index (κ2) is 25.2. The van der Waals surface area contributed by atoms with E-state index < -0.39 is 96.4 Å². The molecule has 6 amide bonds. The lowest BCUT2D eigenvalue weighted by Gasteiger charge is -2.32. The molecule has 0 unspecified atom stereocenters. The van der Waals surface area contributed by atoms with Crippen LogP contribution in [0.3, 0.4) is 0 Å². The number of amides is 6. The van der Waals surface area contributed by atoms with Crippen molar-refractivity contribution in [3.8, 4) is 5.75 Å². The number of ether oxygens (including phenoxy) is 1. The van der Waals surface area contributed by atoms with Crippen LogP contribution in [0, 0.1) is 5.92 Å². The minimum Gasteiger partial charge on any atom is -0.497 e. The van der Waals surface area contributed by atoms with Crippen molar-refractivity contribution in [2.45, 2.75) is 126 Å². The Kier molecular flexibility index (Phi) is 18.9. The molecule has 2 saturated heterocycles. The molecule has 7 atom stereocenters. The summed E-state index contributed by atoms with van der Waals surface area (Å²) in [6, 6.07) is 6.84. The molecule has 3 fully saturated rings. The summed E-state index contributed by atoms with van der Waals surface area (Å²) in [5, 5.41) is 48.4. The molecule has 2 aromatic carbocycles. The van der Waals surface area contributed by atoms with Gasteiger partial charge in [-0.2, -0.15) is 0 Å². The molecule has 3 aliphatic rings. The number of aromatic nitrogens is 1. The quantitative estimate of drug-likeness (QED) is 0.0457. The van der Waals surface area contributed by atoms with Crippen LogP contribution in [0.15, 0.2) is 59.7 Å². The second-order valence-corrected chi connectivity index (χ2v) is 18.4. The van der Waals surface area contributed by atoms with Crippen molar-refractivity contribution in [2.24, 2.45) is 22.4 Å². The SMILES string of the molecule is COc1ccc2[nH]cc(C[C@@H]3NC(=O)[C@@H](CC4CCC(O)CC4)NC(=O)[C@@H]4C[C@@H](O)CN4C(=O)[C@@H](NC(=O)[C@H](Cc4ccccc4)NCC(=O)O)CCCNC(=O)[C@H](CCCN=C(N)N)NC3=O)c2c1. The van der Waals surface area contributed by atoms with E-state index in [2.05, 4.69) is 41.9 Å². The molecule has 1 saturated carbocycles. The summed E-state index contributed by atoms with van der Waals surface area (Å²) in [5.74, 6) is -5.07. The van der Waals surface area contributed by atoms with E-state index >= 15 is 0 Å². The molecule has 6 rings (SSSR count). The van der Waals surface area contributed by atoms with Crippen molar-refractivity contribution in [1.82, 2.24) is 41.8 Å². The maximum Gasteiger partial charge on any atom is 0.317 e. The molecule has 380 valence electrons. The predicted octanol–water partition coefficient (Wildman–Crippen LogP) is -1.19. The average Bonchev–Trinajstić information content (AvgIpc) is 3.94. The Morgan fingerprint density at radius 1 is 0.886 bits per heavy atom. The predicted molar refractivity (Wildman–Crippen MR) is 257 cm³/mol. The molecule has 2 aliphatic heterocycles. The molecule has 22 heteroatoms. The fraction of sp³-hybridized carbons (Fsp3) is 0.542. The molecule has 14 N–H and O–H groups in total. The minimum absolute atomic E-state index is 0.0345. The molecule has 1 aliphatic carbocycles. The average molecular weight is 974 g/mol. The molecule has 0 spiro atoms. The number of carbonyl (C=O) groups excluding carboxylic acids is 6. The summed E-state index contributed by atoms with van der Waals surface area (Å²) in [7, 11) is 1.53. The molecular formula is C48H67N11O11. The Bertz CT molecular complexity index is 2330. The Morgan fingerprint density at radius 3 is 2.31 bits per heavy atom. The molecule has 70 heavy (non-hydrogen) atoms. The number of hydrogen-bond acceptors (Lipinski definition) is 12. The summed E-state index contributed by atoms with van der Waals surface area (Å²) < 4.78 is 5.46. The first-order valence-corrected chi connectivity index (χ1v) is 23.9. The highest BCUT2D eigenvalue weighted by molar-refractivity contribution is 5.97. The fourth-order valence-corrected chi connectivity index (χ4v) is 9.41. The highest BCUT2D eigenvalue weighted by Gasteiger charge is 2.43. The van der Waals surface area contributed by atoms with Crippen LogP contribution in [-0.2, 0) is 46.4 Å². The molecule has 3 aromatic rings. The first-order valence-electron chi connectivity index (χ1n) is 23.9. The number of carboxylic acids is 1. The van der Waals surface area contributed by atoms with Crippen LogP contribution in [-0.4, -0.2) is 154 Å². The van der Waals surface area contributed by atoms with Crippen molar-refractivity contribution < 1.29 is 53.6 Å². The van der Waals surface area contributed by atoms with Crippen LogP contribution in [0.4, 0.5) is 0 Å². The summed E-state index contributed by atoms with van der Waals surface area (Å²) in [4.78, 5) is 107. The number of aromatic amines is 1. The lowest BCUT2D eigenvalue weighted by molar-refractivity contribution is -0.143. The normalized spacial score (nSPS) is 25.5. The molecule has 0 radical (unpaired) electrons. The maximum atomic E-state index is 14.7. The van der Waals surface area contributed by atoms with Crippen LogP contribution in [0.5, 0.6) is 5.75 Å². The Balaban J connectivity index is 1.34. The van der Waals surface area contributed by atoms with Crippen molar-refractivity contribution >= 4 is 58.3 Å². The fourth-order valence-electron chi connectivity index (χ4n) is 9.41. The Hall–Kier alpha value is -6.78. The van der Waals surface area contributed by atoms with Crippen molar-refractivity contribution in [3.63, 3.8) is 0 Å². The largest absolute Gasteiger partial charge is 0.497 e. The number of aliphatic hydroxyl groups is 2. The Morgan fingerprint density at radius 2 is 1.60 bits per heavy atom. The van der Waals surface area contributed by atoms with Gasteiger partial charge in [0, 0.05) is 49.6 Å². The van der Waals surface area contributed by atoms with Gasteiger partial charge in [0.15, 0.2) is 5.96 Å². The van der Waals surface area contributed by atoms with Crippen LogP contribution in [0.2, 0.25) is 0 Å². The lowest BCUT2D eigenvalue weighted by atomic mass is 9.83. The van der Waals surface area contributed by atoms with Crippen molar-refractivity contribution in [1.29, 1.82) is 0 Å². The van der Waals surface area contributed by atoms with Gasteiger partial charge in [-0.25, -0.2) is 0 Å². The van der Waals surface area contributed by atoms with Gasteiger partial charge in [-0.15, -0.1) is 0 Å². The smallest absolute Gasteiger partial charge is 0.317 e. The van der Waals surface area contributed by atoms with Gasteiger partial charge in [-0.05, 0) is 99.5 Å². The number of methoxy groups -OCH3 is 1. The number of nitrogens with one attached hydrogen (secondary N) is 7. The van der Waals surface area contributed by atoms with E-state index in [-0.39, 0.29) is 82.9 Å². The topological polar surface area (TPSA) is 345 Å². The standard InChI is InChI=1S/C48H67N11O11/c1-70-32-15-16-34-33(23-32)29(24-53-34)21-39-45(67)55-35(9-5-18-52-48(49)50)42(64)51-17-6-10-36(56-43(65)37(54-25-41(62)63)19-27-7-3-2-4-8-27)47(69)59-26-31(61)22-40(59)46(68)58-38(44(66)57-39)20-28-11-13-30(60)14-12-28/h2-4,7-8,15-16,23-24,28,30-31,35-40,53-54,60-61H,5-6,9-14,17-22,25-26H2,1H3,(H,51,64)(H,55,67)(H,56,65)(H,57,66)(H,58,68)(H,62,63)(H4,49,50,52)/t28?,30?,31-,35+,36+,37+,38-,39+,40+/m1/s1. The van der Waals surface area contributed by atoms with Crippen LogP contribution >= 0.6 is 0 Å². The number of rotatable bonds is 16. The lowest BCUT2D eigenvalue weighted by Crippen LogP contribution is -2.60. The van der Waals surface area contributed by atoms with Gasteiger partial charge in [0.1, 0.15) is 36.0 Å². The number of nitrogens with two attached hydrogens (primary N) is 2. The van der Waals surface area contributed by atoms with Gasteiger partial charge in [-0.1, -0.05) is 30.3 Å². The number of carboxylic acid groups (broad SMARTS) is 1. The number of nitrogens with zero attached hydrogens (tertiary/aromatic N) is 2. The van der Waals surface area contributed by atoms with Crippen molar-refractivity contribution in [3.05, 3.63) is 65.9 Å². The number of aliphatic hydroxyl groups excluding tert-OH is 2. The van der Waals surface area contributed by atoms with E-state index in [9.17, 15) is 48.9 Å². The highest BCUT2D eigenvalue weighted by Crippen LogP contribution is 2.29. The second-order valence-electron chi connectivity index (χ2n) is 18.4. The van der Waals surface area contributed by atoms with Gasteiger partial charge in [-0.3, -0.25) is 43.9 Å². The third kappa shape index (κ3) is 14.9. The van der Waals surface area contributed by atoms with Gasteiger partial charge < -0.3 is 68.0 Å². The van der Waals surface area contributed by atoms with Crippen LogP contribution in [0.1, 0.15) is 75.3 Å². The Labute approximate surface area is 405 Å². The number of H-pyrrole nitrogens is 1. The van der Waals surface area contributed by atoms with Crippen molar-refractivity contribution in [2.75, 3.05) is 33.3 Å². The van der Waals surface area contributed by atoms with E-state index in [0.29, 0.717) is 42.6 Å². The van der Waals surface area contributed by atoms with Gasteiger partial charge >= 0.3 is 5.97 Å². The number of aliphatic imine (C=N–C) groups is 1. The zero-order valence-electron chi connectivity index (χ0n) is 39.4. The van der Waals surface area contributed by atoms with E-state index in [1.54, 1.807) is 48.7 Å². The first kappa shape index (κ1) is 52.6. The monoisotopic (exact) mass is 974 g/mol. The van der Waals surface area contributed by atoms with Gasteiger partial charge in [0.25, 0.3) is 0 Å². The number of fused-ring (bicyclic) bond motifs is 2. The van der Waals surface area contributed by atoms with E-state index in [0.717, 1.165) is 10.9 Å². The third-order valence-corrected chi connectivity index (χ3v) is 13.2. The molecule has 1 aromatic heterocycles. The number of benzene rings is 2. The van der Waals surface area contributed by atoms with E-state index in [4.69, 9.17) is 16.2 Å². The summed E-state index contributed by atoms with van der Waals surface area (Å²) >= 11 is 0. The maximum absolute atomic E-state index is 14.7. The third-order valence-electron chi connectivity index (χ3n) is 13.2. The number of hydrogen-bond donors (Lipinski definition) is 12. The zero-order valence-corrected chi connectivity index (χ0v) is 39.4. The van der Waals surface area contributed by atoms with Gasteiger partial charge in [0.05, 0.1) is 31.9 Å². The highest BCUT2D eigenvalue weighted by atomic mass is 16.5. The summed E-state index contributed by atoms with van der Waals surface area (Å²) in [6.45, 7) is -0.732. The number of aliphatic carboxylic acids is 1. The van der Waals surface area contributed by atoms with Crippen LogP contribution < -0.4 is 48.1 Å². The van der Waals surface area contributed by atoms with Crippen LogP contribution in [0.25, 0.3) is 10.9 Å². The first-order chi connectivity index (χ1) is 33.6. The minimum atomic E-state index is -1.32. The molecule has 0 bridgehead atoms. The van der Waals surface area contributed by atoms with E-state index in [1.807, 2.05) is 6.07 Å². The summed E-state index contributed by atoms with van der Waals surface area (Å²) in [5.41, 5.74) is 13.2. The number of carbonyl (C=O) groups is 7. The zero-order chi connectivity index (χ0) is 50.3. The summed E-state index contributed by atoms with van der Waals surface area (Å²) in [6.07, 6.45) is 2.47. The number of guanidine groups is 1.